The lowest BCUT2D eigenvalue weighted by atomic mass is 9.99. The minimum absolute atomic E-state index is 0.0191. The highest BCUT2D eigenvalue weighted by Crippen LogP contribution is 2.24. The molecule has 1 aromatic rings. The number of hydrogen-bond acceptors (Lipinski definition) is 3. The molecule has 1 heterocycles. The van der Waals surface area contributed by atoms with E-state index in [0.717, 1.165) is 17.7 Å². The first-order valence-corrected chi connectivity index (χ1v) is 7.24. The minimum Gasteiger partial charge on any atom is -0.483 e. The van der Waals surface area contributed by atoms with Crippen molar-refractivity contribution in [1.29, 1.82) is 0 Å². The number of benzene rings is 1. The number of ether oxygens (including phenoxy) is 1. The number of rotatable bonds is 5. The number of aryl methyl sites for hydroxylation is 1. The Kier molecular flexibility index (Phi) is 4.83. The molecule has 0 saturated carbocycles. The summed E-state index contributed by atoms with van der Waals surface area (Å²) in [5.74, 6) is -0.770. The Labute approximate surface area is 124 Å². The van der Waals surface area contributed by atoms with Crippen molar-refractivity contribution in [2.75, 3.05) is 19.7 Å². The van der Waals surface area contributed by atoms with Crippen molar-refractivity contribution in [1.82, 2.24) is 4.90 Å². The summed E-state index contributed by atoms with van der Waals surface area (Å²) in [4.78, 5) is 24.8. The first-order valence-electron chi connectivity index (χ1n) is 7.24. The number of carboxylic acid groups (broad SMARTS) is 1. The van der Waals surface area contributed by atoms with Gasteiger partial charge in [-0.3, -0.25) is 9.59 Å². The van der Waals surface area contributed by atoms with Gasteiger partial charge in [-0.25, -0.2) is 0 Å². The molecular weight excluding hydrogens is 270 g/mol. The number of aliphatic carboxylic acids is 1. The summed E-state index contributed by atoms with van der Waals surface area (Å²) in [5.41, 5.74) is 1.06. The first-order chi connectivity index (χ1) is 10.0. The standard InChI is InChI=1S/C16H21NO4/c1-3-12-6-4-5-7-14(12)21-10-15(18)17-8-11(2)13(9-17)16(19)20/h4-7,11,13H,3,8-10H2,1-2H3,(H,19,20)/t11-,13-/m1/s1. The van der Waals surface area contributed by atoms with Gasteiger partial charge in [0.05, 0.1) is 5.92 Å². The average Bonchev–Trinajstić information content (AvgIpc) is 2.87. The molecule has 1 saturated heterocycles. The van der Waals surface area contributed by atoms with Crippen molar-refractivity contribution in [3.05, 3.63) is 29.8 Å². The maximum Gasteiger partial charge on any atom is 0.308 e. The van der Waals surface area contributed by atoms with Crippen molar-refractivity contribution in [2.45, 2.75) is 20.3 Å². The van der Waals surface area contributed by atoms with Gasteiger partial charge in [0.25, 0.3) is 5.91 Å². The molecule has 0 radical (unpaired) electrons. The Balaban J connectivity index is 1.92. The molecule has 1 aromatic carbocycles. The number of carbonyl (C=O) groups excluding carboxylic acids is 1. The van der Waals surface area contributed by atoms with Crippen LogP contribution in [0.2, 0.25) is 0 Å². The van der Waals surface area contributed by atoms with Crippen LogP contribution in [0.25, 0.3) is 0 Å². The Morgan fingerprint density at radius 1 is 1.33 bits per heavy atom. The summed E-state index contributed by atoms with van der Waals surface area (Å²) in [6.07, 6.45) is 0.839. The third kappa shape index (κ3) is 3.54. The largest absolute Gasteiger partial charge is 0.483 e. The van der Waals surface area contributed by atoms with Gasteiger partial charge in [-0.2, -0.15) is 0 Å². The number of amides is 1. The van der Waals surface area contributed by atoms with Gasteiger partial charge >= 0.3 is 5.97 Å². The lowest BCUT2D eigenvalue weighted by Crippen LogP contribution is -2.34. The van der Waals surface area contributed by atoms with E-state index in [9.17, 15) is 9.59 Å². The third-order valence-corrected chi connectivity index (χ3v) is 3.99. The second-order valence-corrected chi connectivity index (χ2v) is 5.47. The highest BCUT2D eigenvalue weighted by molar-refractivity contribution is 5.80. The second kappa shape index (κ2) is 6.61. The van der Waals surface area contributed by atoms with E-state index in [0.29, 0.717) is 6.54 Å². The molecule has 5 heteroatoms. The van der Waals surface area contributed by atoms with Gasteiger partial charge in [-0.05, 0) is 24.0 Å². The van der Waals surface area contributed by atoms with Gasteiger partial charge < -0.3 is 14.7 Å². The van der Waals surface area contributed by atoms with Crippen LogP contribution in [0.4, 0.5) is 0 Å². The van der Waals surface area contributed by atoms with Crippen LogP contribution in [0.15, 0.2) is 24.3 Å². The average molecular weight is 291 g/mol. The van der Waals surface area contributed by atoms with Crippen LogP contribution in [-0.2, 0) is 16.0 Å². The summed E-state index contributed by atoms with van der Waals surface area (Å²) in [6.45, 7) is 4.60. The molecule has 1 N–H and O–H groups in total. The van der Waals surface area contributed by atoms with Crippen molar-refractivity contribution < 1.29 is 19.4 Å². The zero-order valence-electron chi connectivity index (χ0n) is 12.4. The van der Waals surface area contributed by atoms with Crippen LogP contribution in [0.5, 0.6) is 5.75 Å². The normalized spacial score (nSPS) is 21.3. The fraction of sp³-hybridized carbons (Fsp3) is 0.500. The molecule has 114 valence electrons. The molecule has 21 heavy (non-hydrogen) atoms. The molecule has 0 aliphatic carbocycles. The first kappa shape index (κ1) is 15.4. The predicted molar refractivity (Wildman–Crippen MR) is 78.2 cm³/mol. The van der Waals surface area contributed by atoms with Gasteiger partial charge in [-0.1, -0.05) is 32.0 Å². The van der Waals surface area contributed by atoms with Gasteiger partial charge in [0.15, 0.2) is 6.61 Å². The predicted octanol–water partition coefficient (Wildman–Crippen LogP) is 1.81. The Hall–Kier alpha value is -2.04. The smallest absolute Gasteiger partial charge is 0.308 e. The molecule has 5 nitrogen and oxygen atoms in total. The van der Waals surface area contributed by atoms with E-state index >= 15 is 0 Å². The Morgan fingerprint density at radius 3 is 2.67 bits per heavy atom. The van der Waals surface area contributed by atoms with Crippen molar-refractivity contribution >= 4 is 11.9 Å². The number of hydrogen-bond donors (Lipinski definition) is 1. The molecule has 0 bridgehead atoms. The fourth-order valence-corrected chi connectivity index (χ4v) is 2.66. The Morgan fingerprint density at radius 2 is 2.05 bits per heavy atom. The second-order valence-electron chi connectivity index (χ2n) is 5.47. The summed E-state index contributed by atoms with van der Waals surface area (Å²) >= 11 is 0. The maximum atomic E-state index is 12.1. The van der Waals surface area contributed by atoms with Gasteiger partial charge in [0.1, 0.15) is 5.75 Å². The van der Waals surface area contributed by atoms with Gasteiger partial charge in [0.2, 0.25) is 0 Å². The van der Waals surface area contributed by atoms with Crippen LogP contribution < -0.4 is 4.74 Å². The molecule has 1 aliphatic rings. The highest BCUT2D eigenvalue weighted by atomic mass is 16.5. The van der Waals surface area contributed by atoms with Crippen LogP contribution in [0.1, 0.15) is 19.4 Å². The van der Waals surface area contributed by atoms with Crippen LogP contribution >= 0.6 is 0 Å². The number of carboxylic acids is 1. The molecule has 0 aromatic heterocycles. The molecular formula is C16H21NO4. The summed E-state index contributed by atoms with van der Waals surface area (Å²) in [5, 5.41) is 9.09. The van der Waals surface area contributed by atoms with E-state index < -0.39 is 11.9 Å². The van der Waals surface area contributed by atoms with E-state index in [-0.39, 0.29) is 25.0 Å². The van der Waals surface area contributed by atoms with Gasteiger partial charge in [-0.15, -0.1) is 0 Å². The number of carbonyl (C=O) groups is 2. The number of likely N-dealkylation sites (tertiary alicyclic amines) is 1. The van der Waals surface area contributed by atoms with Crippen LogP contribution in [0.3, 0.4) is 0 Å². The maximum absolute atomic E-state index is 12.1. The SMILES string of the molecule is CCc1ccccc1OCC(=O)N1C[C@@H](C)[C@H](C(=O)O)C1. The zero-order valence-corrected chi connectivity index (χ0v) is 12.4. The van der Waals surface area contributed by atoms with E-state index in [4.69, 9.17) is 9.84 Å². The topological polar surface area (TPSA) is 66.8 Å². The van der Waals surface area contributed by atoms with E-state index in [1.807, 2.05) is 38.1 Å². The minimum atomic E-state index is -0.838. The van der Waals surface area contributed by atoms with Gasteiger partial charge in [0, 0.05) is 13.1 Å². The molecule has 0 spiro atoms. The molecule has 0 unspecified atom stereocenters. The summed E-state index contributed by atoms with van der Waals surface area (Å²) in [7, 11) is 0. The molecule has 2 atom stereocenters. The molecule has 2 rings (SSSR count). The number of nitrogens with zero attached hydrogens (tertiary/aromatic N) is 1. The third-order valence-electron chi connectivity index (χ3n) is 3.99. The van der Waals surface area contributed by atoms with Crippen molar-refractivity contribution in [3.63, 3.8) is 0 Å². The fourth-order valence-electron chi connectivity index (χ4n) is 2.66. The van der Waals surface area contributed by atoms with Crippen molar-refractivity contribution in [3.8, 4) is 5.75 Å². The lowest BCUT2D eigenvalue weighted by Gasteiger charge is -2.17. The Bertz CT molecular complexity index is 529. The summed E-state index contributed by atoms with van der Waals surface area (Å²) < 4.78 is 5.59. The highest BCUT2D eigenvalue weighted by Gasteiger charge is 2.36. The molecule has 1 fully saturated rings. The molecule has 1 aliphatic heterocycles. The quantitative estimate of drug-likeness (QED) is 0.898. The summed E-state index contributed by atoms with van der Waals surface area (Å²) in [6, 6.07) is 7.63. The van der Waals surface area contributed by atoms with Crippen LogP contribution in [0, 0.1) is 11.8 Å². The monoisotopic (exact) mass is 291 g/mol. The molecule has 1 amide bonds. The van der Waals surface area contributed by atoms with Crippen LogP contribution in [-0.4, -0.2) is 41.6 Å². The van der Waals surface area contributed by atoms with E-state index in [2.05, 4.69) is 0 Å². The van der Waals surface area contributed by atoms with E-state index in [1.54, 1.807) is 4.90 Å². The number of para-hydroxylation sites is 1. The van der Waals surface area contributed by atoms with E-state index in [1.165, 1.54) is 0 Å². The zero-order chi connectivity index (χ0) is 15.4. The van der Waals surface area contributed by atoms with Crippen molar-refractivity contribution in [2.24, 2.45) is 11.8 Å². The lowest BCUT2D eigenvalue weighted by molar-refractivity contribution is -0.142.